The van der Waals surface area contributed by atoms with Gasteiger partial charge in [-0.25, -0.2) is 14.6 Å². The lowest BCUT2D eigenvalue weighted by Gasteiger charge is -2.28. The van der Waals surface area contributed by atoms with E-state index < -0.39 is 0 Å². The summed E-state index contributed by atoms with van der Waals surface area (Å²) in [6, 6.07) is 7.56. The molecule has 0 saturated heterocycles. The number of rotatable bonds is 3. The molecule has 2 heterocycles. The highest BCUT2D eigenvalue weighted by Gasteiger charge is 2.37. The van der Waals surface area contributed by atoms with Gasteiger partial charge in [0.2, 0.25) is 0 Å². The molecule has 29 heavy (non-hydrogen) atoms. The number of aromatic nitrogens is 4. The Morgan fingerprint density at radius 3 is 2.48 bits per heavy atom. The van der Waals surface area contributed by atoms with Crippen molar-refractivity contribution < 1.29 is 4.79 Å². The van der Waals surface area contributed by atoms with Crippen molar-refractivity contribution in [2.45, 2.75) is 47.5 Å². The van der Waals surface area contributed by atoms with Crippen LogP contribution in [0, 0.1) is 26.2 Å². The first-order chi connectivity index (χ1) is 13.6. The molecule has 3 aromatic rings. The van der Waals surface area contributed by atoms with Crippen LogP contribution >= 0.6 is 11.6 Å². The number of benzene rings is 1. The van der Waals surface area contributed by atoms with Crippen molar-refractivity contribution in [1.29, 1.82) is 0 Å². The summed E-state index contributed by atoms with van der Waals surface area (Å²) in [6.45, 7) is 9.99. The average molecular weight is 410 g/mol. The largest absolute Gasteiger partial charge is 0.338 e. The third kappa shape index (κ3) is 3.65. The number of Topliss-reactive ketones (excluding diaryl/α,β-unsaturated/α-hetero) is 1. The summed E-state index contributed by atoms with van der Waals surface area (Å²) in [4.78, 5) is 22.2. The maximum atomic E-state index is 13.1. The summed E-state index contributed by atoms with van der Waals surface area (Å²) < 4.78 is 1.72. The molecule has 0 fully saturated rings. The molecule has 1 N–H and O–H groups in total. The number of aryl methyl sites for hydroxylation is 2. The number of halogens is 1. The predicted molar refractivity (Wildman–Crippen MR) is 115 cm³/mol. The van der Waals surface area contributed by atoms with Gasteiger partial charge >= 0.3 is 0 Å². The smallest absolute Gasteiger partial charge is 0.251 e. The quantitative estimate of drug-likeness (QED) is 0.648. The fourth-order valence-corrected chi connectivity index (χ4v) is 4.05. The first-order valence-electron chi connectivity index (χ1n) is 9.64. The Hall–Kier alpha value is -2.73. The second kappa shape index (κ2) is 6.95. The van der Waals surface area contributed by atoms with Crippen molar-refractivity contribution in [2.75, 3.05) is 5.32 Å². The van der Waals surface area contributed by atoms with Crippen molar-refractivity contribution >= 4 is 28.9 Å². The summed E-state index contributed by atoms with van der Waals surface area (Å²) in [5, 5.41) is 8.73. The summed E-state index contributed by atoms with van der Waals surface area (Å²) in [5.74, 6) is 1.09. The fourth-order valence-electron chi connectivity index (χ4n) is 3.87. The number of hydrogen-bond acceptors (Lipinski definition) is 5. The minimum atomic E-state index is -0.149. The van der Waals surface area contributed by atoms with E-state index in [2.05, 4.69) is 29.1 Å². The predicted octanol–water partition coefficient (Wildman–Crippen LogP) is 5.14. The molecule has 0 spiro atoms. The third-order valence-corrected chi connectivity index (χ3v) is 5.64. The van der Waals surface area contributed by atoms with E-state index in [1.54, 1.807) is 4.68 Å². The van der Waals surface area contributed by atoms with E-state index in [1.807, 2.05) is 45.0 Å². The van der Waals surface area contributed by atoms with Gasteiger partial charge in [0.25, 0.3) is 5.95 Å². The zero-order valence-electron chi connectivity index (χ0n) is 17.3. The maximum absolute atomic E-state index is 13.1. The van der Waals surface area contributed by atoms with Crippen LogP contribution in [0.5, 0.6) is 0 Å². The van der Waals surface area contributed by atoms with Gasteiger partial charge in [0.1, 0.15) is 0 Å². The van der Waals surface area contributed by atoms with E-state index in [9.17, 15) is 4.79 Å². The fraction of sp³-hybridized carbons (Fsp3) is 0.364. The van der Waals surface area contributed by atoms with Gasteiger partial charge in [-0.2, -0.15) is 0 Å². The average Bonchev–Trinajstić information content (AvgIpc) is 2.95. The molecule has 0 saturated carbocycles. The number of nitrogens with one attached hydrogen (secondary N) is 1. The van der Waals surface area contributed by atoms with Crippen molar-refractivity contribution in [3.05, 3.63) is 57.5 Å². The van der Waals surface area contributed by atoms with E-state index in [0.29, 0.717) is 35.2 Å². The Bertz CT molecular complexity index is 1110. The third-order valence-electron chi connectivity index (χ3n) is 5.23. The Morgan fingerprint density at radius 1 is 1.10 bits per heavy atom. The number of carbonyl (C=O) groups excluding carboxylic acids is 1. The van der Waals surface area contributed by atoms with E-state index in [-0.39, 0.29) is 11.2 Å². The number of ketones is 1. The van der Waals surface area contributed by atoms with Crippen LogP contribution in [-0.2, 0) is 6.42 Å². The maximum Gasteiger partial charge on any atom is 0.251 e. The normalized spacial score (nSPS) is 15.3. The van der Waals surface area contributed by atoms with Crippen LogP contribution in [0.3, 0.4) is 0 Å². The van der Waals surface area contributed by atoms with Gasteiger partial charge in [0.15, 0.2) is 11.6 Å². The van der Waals surface area contributed by atoms with Crippen LogP contribution in [0.2, 0.25) is 5.02 Å². The van der Waals surface area contributed by atoms with Crippen LogP contribution in [0.1, 0.15) is 53.3 Å². The molecule has 2 aromatic heterocycles. The van der Waals surface area contributed by atoms with E-state index in [4.69, 9.17) is 16.7 Å². The highest BCUT2D eigenvalue weighted by Crippen LogP contribution is 2.39. The zero-order valence-corrected chi connectivity index (χ0v) is 18.1. The SMILES string of the molecule is Cc1cc(C)nc(-n2nc(Nc3cccc(Cl)c3C)c3c2CC(C)(C)CC3=O)n1. The molecular formula is C22H24ClN5O. The summed E-state index contributed by atoms with van der Waals surface area (Å²) in [5.41, 5.74) is 4.76. The highest BCUT2D eigenvalue weighted by molar-refractivity contribution is 6.31. The Kier molecular flexibility index (Phi) is 4.69. The minimum absolute atomic E-state index is 0.0778. The Labute approximate surface area is 175 Å². The van der Waals surface area contributed by atoms with Crippen molar-refractivity contribution in [1.82, 2.24) is 19.7 Å². The van der Waals surface area contributed by atoms with E-state index >= 15 is 0 Å². The monoisotopic (exact) mass is 409 g/mol. The van der Waals surface area contributed by atoms with E-state index in [0.717, 1.165) is 28.3 Å². The van der Waals surface area contributed by atoms with Crippen molar-refractivity contribution in [3.8, 4) is 5.95 Å². The molecule has 0 radical (unpaired) electrons. The van der Waals surface area contributed by atoms with Crippen molar-refractivity contribution in [2.24, 2.45) is 5.41 Å². The molecule has 0 unspecified atom stereocenters. The first-order valence-corrected chi connectivity index (χ1v) is 10.0. The van der Waals surface area contributed by atoms with Gasteiger partial charge < -0.3 is 5.32 Å². The lowest BCUT2D eigenvalue weighted by Crippen LogP contribution is -2.28. The minimum Gasteiger partial charge on any atom is -0.338 e. The molecule has 1 aromatic carbocycles. The molecule has 1 aliphatic carbocycles. The number of nitrogens with zero attached hydrogens (tertiary/aromatic N) is 4. The lowest BCUT2D eigenvalue weighted by molar-refractivity contribution is 0.0911. The van der Waals surface area contributed by atoms with Crippen molar-refractivity contribution in [3.63, 3.8) is 0 Å². The molecule has 0 atom stereocenters. The van der Waals surface area contributed by atoms with Gasteiger partial charge in [-0.05, 0) is 56.4 Å². The second-order valence-corrected chi connectivity index (χ2v) is 8.92. The first kappa shape index (κ1) is 19.6. The van der Waals surface area contributed by atoms with Gasteiger partial charge in [-0.3, -0.25) is 4.79 Å². The van der Waals surface area contributed by atoms with Gasteiger partial charge in [-0.1, -0.05) is 31.5 Å². The highest BCUT2D eigenvalue weighted by atomic mass is 35.5. The Morgan fingerprint density at radius 2 is 1.79 bits per heavy atom. The summed E-state index contributed by atoms with van der Waals surface area (Å²) in [6.07, 6.45) is 1.19. The summed E-state index contributed by atoms with van der Waals surface area (Å²) in [7, 11) is 0. The molecular weight excluding hydrogens is 386 g/mol. The van der Waals surface area contributed by atoms with Gasteiger partial charge in [0, 0.05) is 28.5 Å². The lowest BCUT2D eigenvalue weighted by atomic mass is 9.76. The summed E-state index contributed by atoms with van der Waals surface area (Å²) >= 11 is 6.27. The van der Waals surface area contributed by atoms with Gasteiger partial charge in [-0.15, -0.1) is 5.10 Å². The number of anilines is 2. The van der Waals surface area contributed by atoms with Crippen LogP contribution in [-0.4, -0.2) is 25.5 Å². The molecule has 1 aliphatic rings. The van der Waals surface area contributed by atoms with Gasteiger partial charge in [0.05, 0.1) is 11.3 Å². The molecule has 150 valence electrons. The standard InChI is InChI=1S/C22H24ClN5O/c1-12-9-13(2)25-21(24-12)28-17-10-22(4,5)11-18(29)19(17)20(27-28)26-16-8-6-7-15(23)14(16)3/h6-9H,10-11H2,1-5H3,(H,26,27). The van der Waals surface area contributed by atoms with Crippen LogP contribution in [0.15, 0.2) is 24.3 Å². The van der Waals surface area contributed by atoms with E-state index in [1.165, 1.54) is 0 Å². The van der Waals surface area contributed by atoms with Crippen LogP contribution in [0.25, 0.3) is 5.95 Å². The molecule has 0 bridgehead atoms. The number of fused-ring (bicyclic) bond motifs is 1. The Balaban J connectivity index is 1.90. The molecule has 7 heteroatoms. The van der Waals surface area contributed by atoms with Crippen LogP contribution in [0.4, 0.5) is 11.5 Å². The number of carbonyl (C=O) groups is 1. The zero-order chi connectivity index (χ0) is 20.9. The van der Waals surface area contributed by atoms with Crippen LogP contribution < -0.4 is 5.32 Å². The number of hydrogen-bond donors (Lipinski definition) is 1. The molecule has 0 amide bonds. The second-order valence-electron chi connectivity index (χ2n) is 8.51. The molecule has 6 nitrogen and oxygen atoms in total. The topological polar surface area (TPSA) is 72.7 Å². The molecule has 4 rings (SSSR count). The molecule has 0 aliphatic heterocycles.